The summed E-state index contributed by atoms with van der Waals surface area (Å²) < 4.78 is 26.2. The third-order valence-electron chi connectivity index (χ3n) is 2.22. The molecule has 0 spiro atoms. The molecule has 2 rings (SSSR count). The minimum atomic E-state index is -3.44. The van der Waals surface area contributed by atoms with Crippen molar-refractivity contribution in [3.8, 4) is 5.82 Å². The molecule has 0 fully saturated rings. The lowest BCUT2D eigenvalue weighted by Gasteiger charge is -2.08. The van der Waals surface area contributed by atoms with Gasteiger partial charge in [0.05, 0.1) is 12.4 Å². The molecule has 0 N–H and O–H groups in total. The summed E-state index contributed by atoms with van der Waals surface area (Å²) in [5.74, 6) is 0.577. The van der Waals surface area contributed by atoms with Gasteiger partial charge in [0.2, 0.25) is 10.0 Å². The number of hydrogen-bond acceptors (Lipinski definition) is 4. The van der Waals surface area contributed by atoms with Gasteiger partial charge in [0.15, 0.2) is 5.82 Å². The molecule has 0 saturated heterocycles. The Balaban J connectivity index is 2.42. The van der Waals surface area contributed by atoms with E-state index in [0.717, 1.165) is 4.31 Å². The zero-order valence-electron chi connectivity index (χ0n) is 9.48. The molecule has 0 atom stereocenters. The summed E-state index contributed by atoms with van der Waals surface area (Å²) >= 11 is 0. The SMILES string of the molecule is CN(C)S(=O)(=O)c1cnn(-c2ccccn2)c1. The molecule has 2 aromatic rings. The van der Waals surface area contributed by atoms with Gasteiger partial charge in [-0.1, -0.05) is 6.07 Å². The van der Waals surface area contributed by atoms with Gasteiger partial charge < -0.3 is 0 Å². The topological polar surface area (TPSA) is 68.1 Å². The lowest BCUT2D eigenvalue weighted by molar-refractivity contribution is 0.520. The van der Waals surface area contributed by atoms with E-state index in [4.69, 9.17) is 0 Å². The quantitative estimate of drug-likeness (QED) is 0.798. The number of sulfonamides is 1. The number of nitrogens with zero attached hydrogens (tertiary/aromatic N) is 4. The molecule has 6 nitrogen and oxygen atoms in total. The summed E-state index contributed by atoms with van der Waals surface area (Å²) in [5.41, 5.74) is 0. The number of rotatable bonds is 3. The van der Waals surface area contributed by atoms with Gasteiger partial charge in [0.25, 0.3) is 0 Å². The smallest absolute Gasteiger partial charge is 0.237 e. The summed E-state index contributed by atoms with van der Waals surface area (Å²) in [7, 11) is -0.483. The van der Waals surface area contributed by atoms with Gasteiger partial charge in [-0.25, -0.2) is 22.4 Å². The summed E-state index contributed by atoms with van der Waals surface area (Å²) in [6, 6.07) is 5.34. The van der Waals surface area contributed by atoms with Crippen LogP contribution >= 0.6 is 0 Å². The monoisotopic (exact) mass is 252 g/mol. The third kappa shape index (κ3) is 2.20. The number of hydrogen-bond donors (Lipinski definition) is 0. The van der Waals surface area contributed by atoms with Crippen LogP contribution in [0.25, 0.3) is 5.82 Å². The first-order valence-electron chi connectivity index (χ1n) is 4.90. The lowest BCUT2D eigenvalue weighted by Crippen LogP contribution is -2.21. The van der Waals surface area contributed by atoms with Crippen molar-refractivity contribution in [1.82, 2.24) is 19.1 Å². The van der Waals surface area contributed by atoms with Crippen LogP contribution in [0.4, 0.5) is 0 Å². The average Bonchev–Trinajstić information content (AvgIpc) is 2.80. The van der Waals surface area contributed by atoms with Crippen LogP contribution in [-0.2, 0) is 10.0 Å². The van der Waals surface area contributed by atoms with E-state index < -0.39 is 10.0 Å². The molecular weight excluding hydrogens is 240 g/mol. The maximum atomic E-state index is 11.8. The maximum absolute atomic E-state index is 11.8. The van der Waals surface area contributed by atoms with E-state index in [0.29, 0.717) is 5.82 Å². The van der Waals surface area contributed by atoms with Gasteiger partial charge >= 0.3 is 0 Å². The predicted octanol–water partition coefficient (Wildman–Crippen LogP) is 0.518. The first kappa shape index (κ1) is 11.7. The highest BCUT2D eigenvalue weighted by molar-refractivity contribution is 7.89. The summed E-state index contributed by atoms with van der Waals surface area (Å²) in [5, 5.41) is 3.98. The molecule has 2 aromatic heterocycles. The molecule has 0 aliphatic carbocycles. The molecule has 0 unspecified atom stereocenters. The average molecular weight is 252 g/mol. The Morgan fingerprint density at radius 1 is 1.29 bits per heavy atom. The molecule has 7 heteroatoms. The molecule has 0 aliphatic heterocycles. The van der Waals surface area contributed by atoms with Crippen molar-refractivity contribution in [2.45, 2.75) is 4.90 Å². The van der Waals surface area contributed by atoms with Gasteiger partial charge in [-0.05, 0) is 12.1 Å². The Labute approximate surface area is 99.6 Å². The molecule has 0 amide bonds. The maximum Gasteiger partial charge on any atom is 0.245 e. The van der Waals surface area contributed by atoms with Crippen molar-refractivity contribution >= 4 is 10.0 Å². The van der Waals surface area contributed by atoms with Crippen molar-refractivity contribution in [2.75, 3.05) is 14.1 Å². The van der Waals surface area contributed by atoms with Crippen LogP contribution in [-0.4, -0.2) is 41.6 Å². The fourth-order valence-electron chi connectivity index (χ4n) is 1.26. The van der Waals surface area contributed by atoms with Crippen LogP contribution in [0.5, 0.6) is 0 Å². The van der Waals surface area contributed by atoms with E-state index in [1.165, 1.54) is 31.2 Å². The largest absolute Gasteiger partial charge is 0.245 e. The fourth-order valence-corrected chi connectivity index (χ4v) is 2.10. The molecule has 90 valence electrons. The third-order valence-corrected chi connectivity index (χ3v) is 3.99. The van der Waals surface area contributed by atoms with E-state index in [2.05, 4.69) is 10.1 Å². The lowest BCUT2D eigenvalue weighted by atomic mass is 10.5. The van der Waals surface area contributed by atoms with Gasteiger partial charge in [0, 0.05) is 20.3 Å². The van der Waals surface area contributed by atoms with E-state index in [1.807, 2.05) is 6.07 Å². The van der Waals surface area contributed by atoms with E-state index in [1.54, 1.807) is 18.3 Å². The number of aromatic nitrogens is 3. The van der Waals surface area contributed by atoms with Crippen molar-refractivity contribution in [2.24, 2.45) is 0 Å². The van der Waals surface area contributed by atoms with Gasteiger partial charge in [-0.15, -0.1) is 0 Å². The highest BCUT2D eigenvalue weighted by Crippen LogP contribution is 2.13. The molecule has 0 aliphatic rings. The summed E-state index contributed by atoms with van der Waals surface area (Å²) in [6.45, 7) is 0. The first-order chi connectivity index (χ1) is 8.01. The second-order valence-corrected chi connectivity index (χ2v) is 5.75. The van der Waals surface area contributed by atoms with Crippen LogP contribution in [0.3, 0.4) is 0 Å². The standard InChI is InChI=1S/C10H12N4O2S/c1-13(2)17(15,16)9-7-12-14(8-9)10-5-3-4-6-11-10/h3-8H,1-2H3. The summed E-state index contributed by atoms with van der Waals surface area (Å²) in [6.07, 6.45) is 4.37. The molecular formula is C10H12N4O2S. The van der Waals surface area contributed by atoms with Crippen LogP contribution in [0, 0.1) is 0 Å². The molecule has 2 heterocycles. The zero-order valence-corrected chi connectivity index (χ0v) is 10.3. The Morgan fingerprint density at radius 2 is 2.06 bits per heavy atom. The second-order valence-electron chi connectivity index (χ2n) is 3.60. The molecule has 0 saturated carbocycles. The van der Waals surface area contributed by atoms with Crippen LogP contribution in [0.1, 0.15) is 0 Å². The van der Waals surface area contributed by atoms with Crippen molar-refractivity contribution < 1.29 is 8.42 Å². The highest BCUT2D eigenvalue weighted by atomic mass is 32.2. The fraction of sp³-hybridized carbons (Fsp3) is 0.200. The van der Waals surface area contributed by atoms with Crippen LogP contribution < -0.4 is 0 Å². The minimum Gasteiger partial charge on any atom is -0.237 e. The molecule has 0 radical (unpaired) electrons. The Kier molecular flexibility index (Phi) is 2.95. The Hall–Kier alpha value is -1.73. The van der Waals surface area contributed by atoms with Crippen molar-refractivity contribution in [3.63, 3.8) is 0 Å². The molecule has 0 bridgehead atoms. The second kappa shape index (κ2) is 4.27. The highest BCUT2D eigenvalue weighted by Gasteiger charge is 2.19. The van der Waals surface area contributed by atoms with Crippen LogP contribution in [0.15, 0.2) is 41.7 Å². The number of pyridine rings is 1. The molecule has 0 aromatic carbocycles. The minimum absolute atomic E-state index is 0.146. The van der Waals surface area contributed by atoms with Crippen molar-refractivity contribution in [1.29, 1.82) is 0 Å². The van der Waals surface area contributed by atoms with Crippen molar-refractivity contribution in [3.05, 3.63) is 36.8 Å². The predicted molar refractivity (Wildman–Crippen MR) is 62.2 cm³/mol. The first-order valence-corrected chi connectivity index (χ1v) is 6.34. The Morgan fingerprint density at radius 3 is 2.65 bits per heavy atom. The van der Waals surface area contributed by atoms with E-state index in [-0.39, 0.29) is 4.90 Å². The zero-order chi connectivity index (χ0) is 12.5. The van der Waals surface area contributed by atoms with Gasteiger partial charge in [0.1, 0.15) is 4.90 Å². The summed E-state index contributed by atoms with van der Waals surface area (Å²) in [4.78, 5) is 4.23. The van der Waals surface area contributed by atoms with E-state index >= 15 is 0 Å². The van der Waals surface area contributed by atoms with Gasteiger partial charge in [-0.3, -0.25) is 0 Å². The van der Waals surface area contributed by atoms with Gasteiger partial charge in [-0.2, -0.15) is 5.10 Å². The molecule has 17 heavy (non-hydrogen) atoms. The van der Waals surface area contributed by atoms with E-state index in [9.17, 15) is 8.42 Å². The Bertz CT molecular complexity index is 604. The van der Waals surface area contributed by atoms with Crippen LogP contribution in [0.2, 0.25) is 0 Å². The normalized spacial score (nSPS) is 11.9.